The Hall–Kier alpha value is -0.790. The van der Waals surface area contributed by atoms with Crippen LogP contribution in [0.3, 0.4) is 0 Å². The van der Waals surface area contributed by atoms with Gasteiger partial charge in [-0.1, -0.05) is 0 Å². The van der Waals surface area contributed by atoms with E-state index < -0.39 is 0 Å². The third-order valence-electron chi connectivity index (χ3n) is 1.07. The fraction of sp³-hybridized carbons (Fsp3) is 0.571. The molecule has 0 aromatic heterocycles. The fourth-order valence-corrected chi connectivity index (χ4v) is 0.333. The molecular weight excluding hydrogens is 112 g/mol. The van der Waals surface area contributed by atoms with E-state index in [1.165, 1.54) is 0 Å². The van der Waals surface area contributed by atoms with Crippen LogP contribution in [-0.2, 0) is 0 Å². The fourth-order valence-electron chi connectivity index (χ4n) is 0.333. The van der Waals surface area contributed by atoms with Crippen molar-refractivity contribution in [2.24, 2.45) is 0 Å². The lowest BCUT2D eigenvalue weighted by atomic mass is 10.6. The molecule has 0 N–H and O–H groups in total. The van der Waals surface area contributed by atoms with Crippen molar-refractivity contribution in [3.8, 4) is 0 Å². The average Bonchev–Trinajstić information content (AvgIpc) is 1.83. The smallest absolute Gasteiger partial charge is 0.183 e. The van der Waals surface area contributed by atoms with Crippen LogP contribution in [0.5, 0.6) is 0 Å². The second-order valence-electron chi connectivity index (χ2n) is 2.13. The van der Waals surface area contributed by atoms with Crippen LogP contribution in [0.1, 0.15) is 6.92 Å². The van der Waals surface area contributed by atoms with Gasteiger partial charge in [0.1, 0.15) is 13.8 Å². The molecule has 9 heavy (non-hydrogen) atoms. The second-order valence-corrected chi connectivity index (χ2v) is 2.13. The molecule has 0 radical (unpaired) electrons. The zero-order valence-corrected chi connectivity index (χ0v) is 6.46. The lowest BCUT2D eigenvalue weighted by molar-refractivity contribution is -0.412. The minimum Gasteiger partial charge on any atom is -0.376 e. The molecule has 0 saturated carbocycles. The third kappa shape index (κ3) is 5.07. The summed E-state index contributed by atoms with van der Waals surface area (Å²) < 4.78 is 1.77. The first-order chi connectivity index (χ1) is 4.16. The molecule has 0 aliphatic rings. The van der Waals surface area contributed by atoms with E-state index >= 15 is 0 Å². The Bertz CT molecular complexity index is 116. The summed E-state index contributed by atoms with van der Waals surface area (Å²) >= 11 is 0. The van der Waals surface area contributed by atoms with Crippen molar-refractivity contribution < 1.29 is 4.58 Å². The van der Waals surface area contributed by atoms with Crippen molar-refractivity contribution in [1.29, 1.82) is 0 Å². The van der Waals surface area contributed by atoms with Crippen LogP contribution in [-0.4, -0.2) is 36.8 Å². The van der Waals surface area contributed by atoms with Gasteiger partial charge in [-0.2, -0.15) is 0 Å². The van der Waals surface area contributed by atoms with Gasteiger partial charge in [0, 0.05) is 13.6 Å². The maximum absolute atomic E-state index is 3.66. The molecule has 0 amide bonds. The van der Waals surface area contributed by atoms with E-state index in [4.69, 9.17) is 0 Å². The van der Waals surface area contributed by atoms with Crippen LogP contribution < -0.4 is 0 Å². The SMILES string of the molecule is C=[N+](C)/C=C\N(C)CC. The van der Waals surface area contributed by atoms with E-state index in [1.807, 2.05) is 26.5 Å². The number of hydrogen-bond donors (Lipinski definition) is 0. The summed E-state index contributed by atoms with van der Waals surface area (Å²) in [4.78, 5) is 2.08. The van der Waals surface area contributed by atoms with Gasteiger partial charge in [0.05, 0.1) is 6.20 Å². The average molecular weight is 127 g/mol. The Morgan fingerprint density at radius 3 is 2.56 bits per heavy atom. The lowest BCUT2D eigenvalue weighted by Crippen LogP contribution is -2.09. The van der Waals surface area contributed by atoms with Gasteiger partial charge in [-0.15, -0.1) is 0 Å². The summed E-state index contributed by atoms with van der Waals surface area (Å²) in [7, 11) is 3.93. The molecule has 0 aromatic rings. The molecule has 0 unspecified atom stereocenters. The first-order valence-electron chi connectivity index (χ1n) is 3.08. The number of hydrogen-bond acceptors (Lipinski definition) is 1. The summed E-state index contributed by atoms with van der Waals surface area (Å²) in [5.74, 6) is 0. The summed E-state index contributed by atoms with van der Waals surface area (Å²) in [5, 5.41) is 0. The van der Waals surface area contributed by atoms with Crippen LogP contribution in [0, 0.1) is 0 Å². The summed E-state index contributed by atoms with van der Waals surface area (Å²) in [6.07, 6.45) is 3.91. The van der Waals surface area contributed by atoms with Gasteiger partial charge in [-0.25, -0.2) is 4.58 Å². The van der Waals surface area contributed by atoms with Crippen LogP contribution in [0.2, 0.25) is 0 Å². The first kappa shape index (κ1) is 8.21. The van der Waals surface area contributed by atoms with Crippen molar-refractivity contribution in [2.75, 3.05) is 20.6 Å². The first-order valence-corrected chi connectivity index (χ1v) is 3.08. The molecule has 2 nitrogen and oxygen atoms in total. The highest BCUT2D eigenvalue weighted by atomic mass is 15.1. The molecule has 0 aliphatic carbocycles. The predicted molar refractivity (Wildman–Crippen MR) is 40.7 cm³/mol. The Morgan fingerprint density at radius 1 is 1.67 bits per heavy atom. The summed E-state index contributed by atoms with van der Waals surface area (Å²) in [5.41, 5.74) is 0. The van der Waals surface area contributed by atoms with Crippen molar-refractivity contribution >= 4 is 6.72 Å². The van der Waals surface area contributed by atoms with Crippen molar-refractivity contribution in [2.45, 2.75) is 6.92 Å². The van der Waals surface area contributed by atoms with Gasteiger partial charge in [0.25, 0.3) is 0 Å². The normalized spacial score (nSPS) is 10.1. The molecular formula is C7H15N2+. The minimum absolute atomic E-state index is 1.03. The molecule has 0 atom stereocenters. The van der Waals surface area contributed by atoms with Gasteiger partial charge in [0.15, 0.2) is 6.20 Å². The van der Waals surface area contributed by atoms with E-state index in [0.29, 0.717) is 0 Å². The molecule has 52 valence electrons. The molecule has 0 spiro atoms. The van der Waals surface area contributed by atoms with Gasteiger partial charge in [-0.3, -0.25) is 0 Å². The van der Waals surface area contributed by atoms with E-state index in [9.17, 15) is 0 Å². The van der Waals surface area contributed by atoms with Crippen molar-refractivity contribution in [1.82, 2.24) is 4.90 Å². The molecule has 0 aromatic carbocycles. The molecule has 0 bridgehead atoms. The van der Waals surface area contributed by atoms with Crippen LogP contribution in [0.15, 0.2) is 12.4 Å². The largest absolute Gasteiger partial charge is 0.376 e. The van der Waals surface area contributed by atoms with Crippen LogP contribution in [0.4, 0.5) is 0 Å². The van der Waals surface area contributed by atoms with E-state index in [-0.39, 0.29) is 0 Å². The van der Waals surface area contributed by atoms with Crippen molar-refractivity contribution in [3.05, 3.63) is 12.4 Å². The monoisotopic (exact) mass is 127 g/mol. The Kier molecular flexibility index (Phi) is 3.76. The highest BCUT2D eigenvalue weighted by Gasteiger charge is 1.84. The summed E-state index contributed by atoms with van der Waals surface area (Å²) in [6, 6.07) is 0. The molecule has 0 heterocycles. The summed E-state index contributed by atoms with van der Waals surface area (Å²) in [6.45, 7) is 6.80. The number of rotatable bonds is 3. The minimum atomic E-state index is 1.03. The topological polar surface area (TPSA) is 6.25 Å². The van der Waals surface area contributed by atoms with Crippen LogP contribution >= 0.6 is 0 Å². The van der Waals surface area contributed by atoms with E-state index in [0.717, 1.165) is 6.54 Å². The molecule has 0 saturated heterocycles. The molecule has 0 aliphatic heterocycles. The highest BCUT2D eigenvalue weighted by molar-refractivity contribution is 5.15. The van der Waals surface area contributed by atoms with Crippen molar-refractivity contribution in [3.63, 3.8) is 0 Å². The third-order valence-corrected chi connectivity index (χ3v) is 1.07. The Balaban J connectivity index is 3.56. The van der Waals surface area contributed by atoms with Gasteiger partial charge < -0.3 is 4.90 Å². The molecule has 0 fully saturated rings. The standard InChI is InChI=1S/C7H15N2/c1-5-9(4)7-6-8(2)3/h6-7H,2,5H2,1,3-4H3/q+1/b7-6-. The molecule has 2 heteroatoms. The maximum atomic E-state index is 3.66. The zero-order chi connectivity index (χ0) is 7.28. The van der Waals surface area contributed by atoms with E-state index in [2.05, 4.69) is 18.5 Å². The molecule has 0 rings (SSSR count). The predicted octanol–water partition coefficient (Wildman–Crippen LogP) is 0.752. The Labute approximate surface area is 57.1 Å². The van der Waals surface area contributed by atoms with E-state index in [1.54, 1.807) is 4.58 Å². The maximum Gasteiger partial charge on any atom is 0.183 e. The quantitative estimate of drug-likeness (QED) is 0.400. The van der Waals surface area contributed by atoms with Gasteiger partial charge in [0.2, 0.25) is 0 Å². The highest BCUT2D eigenvalue weighted by Crippen LogP contribution is 1.80. The van der Waals surface area contributed by atoms with Gasteiger partial charge >= 0.3 is 0 Å². The van der Waals surface area contributed by atoms with Crippen LogP contribution in [0.25, 0.3) is 0 Å². The zero-order valence-electron chi connectivity index (χ0n) is 6.46. The lowest BCUT2D eigenvalue weighted by Gasteiger charge is -2.06. The Morgan fingerprint density at radius 2 is 2.22 bits per heavy atom. The second kappa shape index (κ2) is 4.13. The number of nitrogens with zero attached hydrogens (tertiary/aromatic N) is 2. The van der Waals surface area contributed by atoms with Gasteiger partial charge in [-0.05, 0) is 6.92 Å².